The predicted molar refractivity (Wildman–Crippen MR) is 107 cm³/mol. The number of nitrogens with zero attached hydrogens (tertiary/aromatic N) is 1. The first kappa shape index (κ1) is 16.9. The van der Waals surface area contributed by atoms with Crippen LogP contribution in [0.25, 0.3) is 0 Å². The molecular weight excluding hydrogens is 320 g/mol. The topological polar surface area (TPSA) is 32.3 Å². The van der Waals surface area contributed by atoms with Gasteiger partial charge in [0.05, 0.1) is 5.56 Å². The van der Waals surface area contributed by atoms with E-state index in [4.69, 9.17) is 0 Å². The Kier molecular flexibility index (Phi) is 4.31. The van der Waals surface area contributed by atoms with Crippen LogP contribution >= 0.6 is 0 Å². The molecule has 26 heavy (non-hydrogen) atoms. The Balaban J connectivity index is 1.82. The number of benzene rings is 2. The lowest BCUT2D eigenvalue weighted by atomic mass is 9.79. The van der Waals surface area contributed by atoms with Gasteiger partial charge < -0.3 is 5.32 Å². The van der Waals surface area contributed by atoms with Crippen molar-refractivity contribution in [2.45, 2.75) is 39.8 Å². The molecule has 0 unspecified atom stereocenters. The monoisotopic (exact) mass is 346 g/mol. The molecule has 1 heterocycles. The molecule has 1 aliphatic heterocycles. The SMILES string of the molecule is CC1=C[C@@H](C)[C@H]([C@@H]2Nc3ccccc3C(=O)N2c2ccccc2C)CC1. The number of para-hydroxylation sites is 2. The summed E-state index contributed by atoms with van der Waals surface area (Å²) in [6, 6.07) is 16.0. The molecule has 1 N–H and O–H groups in total. The molecule has 134 valence electrons. The van der Waals surface area contributed by atoms with Crippen LogP contribution in [0.15, 0.2) is 60.2 Å². The smallest absolute Gasteiger partial charge is 0.262 e. The van der Waals surface area contributed by atoms with Crippen molar-refractivity contribution in [3.05, 3.63) is 71.3 Å². The first-order valence-corrected chi connectivity index (χ1v) is 9.48. The molecule has 2 aromatic rings. The van der Waals surface area contributed by atoms with Gasteiger partial charge in [0, 0.05) is 17.3 Å². The number of amides is 1. The van der Waals surface area contributed by atoms with Crippen LogP contribution in [0.3, 0.4) is 0 Å². The lowest BCUT2D eigenvalue weighted by Gasteiger charge is -2.45. The summed E-state index contributed by atoms with van der Waals surface area (Å²) < 4.78 is 0. The van der Waals surface area contributed by atoms with Gasteiger partial charge in [-0.2, -0.15) is 0 Å². The normalized spacial score (nSPS) is 25.3. The predicted octanol–water partition coefficient (Wildman–Crippen LogP) is 5.39. The van der Waals surface area contributed by atoms with Crippen LogP contribution in [-0.2, 0) is 0 Å². The second-order valence-electron chi connectivity index (χ2n) is 7.67. The fourth-order valence-electron chi connectivity index (χ4n) is 4.43. The first-order chi connectivity index (χ1) is 12.6. The van der Waals surface area contributed by atoms with Gasteiger partial charge in [-0.05, 0) is 56.4 Å². The Morgan fingerprint density at radius 1 is 1.04 bits per heavy atom. The van der Waals surface area contributed by atoms with Gasteiger partial charge in [-0.15, -0.1) is 0 Å². The minimum Gasteiger partial charge on any atom is -0.364 e. The lowest BCUT2D eigenvalue weighted by Crippen LogP contribution is -2.54. The van der Waals surface area contributed by atoms with E-state index >= 15 is 0 Å². The average Bonchev–Trinajstić information content (AvgIpc) is 2.63. The molecular formula is C23H26N2O. The Labute approximate surface area is 155 Å². The second-order valence-corrected chi connectivity index (χ2v) is 7.67. The van der Waals surface area contributed by atoms with Crippen molar-refractivity contribution in [3.8, 4) is 0 Å². The molecule has 0 bridgehead atoms. The van der Waals surface area contributed by atoms with E-state index in [9.17, 15) is 4.79 Å². The fraction of sp³-hybridized carbons (Fsp3) is 0.348. The fourth-order valence-corrected chi connectivity index (χ4v) is 4.43. The number of hydrogen-bond donors (Lipinski definition) is 1. The maximum Gasteiger partial charge on any atom is 0.262 e. The van der Waals surface area contributed by atoms with Crippen molar-refractivity contribution >= 4 is 17.3 Å². The zero-order valence-corrected chi connectivity index (χ0v) is 15.7. The number of rotatable bonds is 2. The number of carbonyl (C=O) groups excluding carboxylic acids is 1. The highest BCUT2D eigenvalue weighted by Gasteiger charge is 2.40. The third kappa shape index (κ3) is 2.82. The molecule has 1 amide bonds. The van der Waals surface area contributed by atoms with E-state index in [0.717, 1.165) is 35.3 Å². The molecule has 0 radical (unpaired) electrons. The summed E-state index contributed by atoms with van der Waals surface area (Å²) in [5.74, 6) is 0.915. The summed E-state index contributed by atoms with van der Waals surface area (Å²) in [6.07, 6.45) is 4.54. The van der Waals surface area contributed by atoms with E-state index < -0.39 is 0 Å². The van der Waals surface area contributed by atoms with Gasteiger partial charge in [0.25, 0.3) is 5.91 Å². The van der Waals surface area contributed by atoms with E-state index in [1.54, 1.807) is 0 Å². The van der Waals surface area contributed by atoms with Crippen LogP contribution in [0.1, 0.15) is 42.6 Å². The van der Waals surface area contributed by atoms with E-state index in [0.29, 0.717) is 11.8 Å². The maximum atomic E-state index is 13.5. The third-order valence-corrected chi connectivity index (χ3v) is 5.83. The molecule has 0 spiro atoms. The molecule has 4 rings (SSSR count). The number of anilines is 2. The van der Waals surface area contributed by atoms with Gasteiger partial charge in [-0.25, -0.2) is 0 Å². The van der Waals surface area contributed by atoms with Crippen LogP contribution in [0.2, 0.25) is 0 Å². The number of carbonyl (C=O) groups is 1. The summed E-state index contributed by atoms with van der Waals surface area (Å²) >= 11 is 0. The molecule has 3 heteroatoms. The number of hydrogen-bond acceptors (Lipinski definition) is 2. The van der Waals surface area contributed by atoms with Crippen LogP contribution in [0.4, 0.5) is 11.4 Å². The minimum atomic E-state index is -0.0298. The highest BCUT2D eigenvalue weighted by Crippen LogP contribution is 2.39. The van der Waals surface area contributed by atoms with Crippen molar-refractivity contribution in [1.82, 2.24) is 0 Å². The van der Waals surface area contributed by atoms with Crippen LogP contribution in [0.5, 0.6) is 0 Å². The van der Waals surface area contributed by atoms with Gasteiger partial charge in [0.2, 0.25) is 0 Å². The van der Waals surface area contributed by atoms with E-state index in [2.05, 4.69) is 44.3 Å². The quantitative estimate of drug-likeness (QED) is 0.740. The van der Waals surface area contributed by atoms with E-state index in [1.807, 2.05) is 41.3 Å². The Morgan fingerprint density at radius 2 is 1.77 bits per heavy atom. The van der Waals surface area contributed by atoms with Crippen LogP contribution in [0, 0.1) is 18.8 Å². The van der Waals surface area contributed by atoms with Crippen molar-refractivity contribution < 1.29 is 4.79 Å². The standard InChI is InChI=1S/C23H26N2O/c1-15-12-13-18(17(3)14-15)22-24-20-10-6-5-9-19(20)23(26)25(22)21-11-7-4-8-16(21)2/h4-11,14,17-18,22,24H,12-13H2,1-3H3/t17-,18-,22-/m1/s1. The molecule has 2 aromatic carbocycles. The van der Waals surface area contributed by atoms with Gasteiger partial charge in [-0.1, -0.05) is 48.9 Å². The molecule has 0 saturated heterocycles. The zero-order valence-electron chi connectivity index (χ0n) is 15.7. The van der Waals surface area contributed by atoms with Gasteiger partial charge in [-0.3, -0.25) is 9.69 Å². The van der Waals surface area contributed by atoms with E-state index in [1.165, 1.54) is 5.57 Å². The van der Waals surface area contributed by atoms with Crippen LogP contribution < -0.4 is 10.2 Å². The molecule has 2 aliphatic rings. The highest BCUT2D eigenvalue weighted by atomic mass is 16.2. The second kappa shape index (κ2) is 6.64. The van der Waals surface area contributed by atoms with Crippen molar-refractivity contribution in [3.63, 3.8) is 0 Å². The Morgan fingerprint density at radius 3 is 2.54 bits per heavy atom. The molecule has 3 atom stereocenters. The molecule has 0 fully saturated rings. The number of nitrogens with one attached hydrogen (secondary N) is 1. The molecule has 1 aliphatic carbocycles. The number of aryl methyl sites for hydroxylation is 1. The lowest BCUT2D eigenvalue weighted by molar-refractivity contribution is 0.0959. The average molecular weight is 346 g/mol. The maximum absolute atomic E-state index is 13.5. The summed E-state index contributed by atoms with van der Waals surface area (Å²) in [6.45, 7) is 6.56. The minimum absolute atomic E-state index is 0.0298. The van der Waals surface area contributed by atoms with Crippen molar-refractivity contribution in [1.29, 1.82) is 0 Å². The number of fused-ring (bicyclic) bond motifs is 1. The zero-order chi connectivity index (χ0) is 18.3. The van der Waals surface area contributed by atoms with Crippen LogP contribution in [-0.4, -0.2) is 12.1 Å². The summed E-state index contributed by atoms with van der Waals surface area (Å²) in [5, 5.41) is 3.69. The highest BCUT2D eigenvalue weighted by molar-refractivity contribution is 6.12. The summed E-state index contributed by atoms with van der Waals surface area (Å²) in [4.78, 5) is 15.5. The third-order valence-electron chi connectivity index (χ3n) is 5.83. The van der Waals surface area contributed by atoms with Crippen molar-refractivity contribution in [2.75, 3.05) is 10.2 Å². The summed E-state index contributed by atoms with van der Waals surface area (Å²) in [7, 11) is 0. The first-order valence-electron chi connectivity index (χ1n) is 9.48. The Bertz CT molecular complexity index is 870. The van der Waals surface area contributed by atoms with Gasteiger partial charge in [0.1, 0.15) is 6.17 Å². The van der Waals surface area contributed by atoms with Gasteiger partial charge in [0.15, 0.2) is 0 Å². The van der Waals surface area contributed by atoms with E-state index in [-0.39, 0.29) is 12.1 Å². The van der Waals surface area contributed by atoms with Gasteiger partial charge >= 0.3 is 0 Å². The summed E-state index contributed by atoms with van der Waals surface area (Å²) in [5.41, 5.74) is 5.29. The largest absolute Gasteiger partial charge is 0.364 e. The molecule has 0 aromatic heterocycles. The molecule has 0 saturated carbocycles. The Hall–Kier alpha value is -2.55. The van der Waals surface area contributed by atoms with Crippen molar-refractivity contribution in [2.24, 2.45) is 11.8 Å². The number of allylic oxidation sites excluding steroid dienone is 2. The molecule has 3 nitrogen and oxygen atoms in total.